The lowest BCUT2D eigenvalue weighted by atomic mass is 10.2. The zero-order chi connectivity index (χ0) is 14.2. The number of halogens is 1. The van der Waals surface area contributed by atoms with E-state index in [1.165, 1.54) is 25.7 Å². The molecular weight excluding hydrogens is 286 g/mol. The molecule has 0 amide bonds. The molecule has 4 rings (SSSR count). The zero-order valence-corrected chi connectivity index (χ0v) is 12.8. The van der Waals surface area contributed by atoms with Gasteiger partial charge < -0.3 is 10.2 Å². The van der Waals surface area contributed by atoms with Crippen LogP contribution in [0.3, 0.4) is 0 Å². The lowest BCUT2D eigenvalue weighted by Crippen LogP contribution is -2.39. The third-order valence-corrected chi connectivity index (χ3v) is 4.57. The van der Waals surface area contributed by atoms with Gasteiger partial charge in [-0.05, 0) is 50.3 Å². The van der Waals surface area contributed by atoms with Gasteiger partial charge in [0.1, 0.15) is 0 Å². The van der Waals surface area contributed by atoms with Gasteiger partial charge in [-0.2, -0.15) is 4.98 Å². The molecule has 21 heavy (non-hydrogen) atoms. The molecule has 0 spiro atoms. The highest BCUT2D eigenvalue weighted by Gasteiger charge is 2.28. The largest absolute Gasteiger partial charge is 0.338 e. The van der Waals surface area contributed by atoms with E-state index in [1.807, 2.05) is 18.3 Å². The second-order valence-corrected chi connectivity index (χ2v) is 6.64. The second-order valence-electron chi connectivity index (χ2n) is 6.20. The molecule has 0 bridgehead atoms. The number of rotatable bonds is 5. The molecule has 0 aromatic carbocycles. The summed E-state index contributed by atoms with van der Waals surface area (Å²) < 4.78 is 1.78. The van der Waals surface area contributed by atoms with Crippen LogP contribution in [0.15, 0.2) is 18.3 Å². The van der Waals surface area contributed by atoms with E-state index in [4.69, 9.17) is 11.6 Å². The smallest absolute Gasteiger partial charge is 0.245 e. The number of nitrogens with one attached hydrogen (secondary N) is 1. The molecule has 1 saturated carbocycles. The number of fused-ring (bicyclic) bond motifs is 1. The van der Waals surface area contributed by atoms with Crippen LogP contribution < -0.4 is 10.2 Å². The molecule has 5 nitrogen and oxygen atoms in total. The Hall–Kier alpha value is -1.33. The van der Waals surface area contributed by atoms with E-state index >= 15 is 0 Å². The van der Waals surface area contributed by atoms with Crippen LogP contribution in [0.5, 0.6) is 0 Å². The minimum atomic E-state index is 0.568. The number of hydrogen-bond acceptors (Lipinski definition) is 4. The third-order valence-electron chi connectivity index (χ3n) is 4.35. The minimum absolute atomic E-state index is 0.568. The summed E-state index contributed by atoms with van der Waals surface area (Å²) in [5.74, 6) is 1.65. The highest BCUT2D eigenvalue weighted by atomic mass is 35.5. The number of aromatic nitrogens is 3. The molecule has 1 aliphatic heterocycles. The summed E-state index contributed by atoms with van der Waals surface area (Å²) in [5.41, 5.74) is 0.856. The second kappa shape index (κ2) is 5.46. The van der Waals surface area contributed by atoms with E-state index in [-0.39, 0.29) is 0 Å². The van der Waals surface area contributed by atoms with E-state index in [0.717, 1.165) is 37.1 Å². The number of pyridine rings is 1. The standard InChI is InChI=1S/C15H20ClN5/c16-12-5-6-14-18-15(19-21(14)9-12)20(8-11-3-4-11)10-13-2-1-7-17-13/h5-6,9,11,13,17H,1-4,7-8,10H2. The first-order valence-electron chi connectivity index (χ1n) is 7.78. The monoisotopic (exact) mass is 305 g/mol. The molecule has 1 aliphatic carbocycles. The Morgan fingerprint density at radius 1 is 1.29 bits per heavy atom. The van der Waals surface area contributed by atoms with Crippen LogP contribution in [-0.2, 0) is 0 Å². The molecule has 2 aromatic heterocycles. The molecule has 1 N–H and O–H groups in total. The summed E-state index contributed by atoms with van der Waals surface area (Å²) >= 11 is 6.03. The maximum atomic E-state index is 6.03. The number of nitrogens with zero attached hydrogens (tertiary/aromatic N) is 4. The van der Waals surface area contributed by atoms with Crippen molar-refractivity contribution in [2.45, 2.75) is 31.7 Å². The summed E-state index contributed by atoms with van der Waals surface area (Å²) in [6.45, 7) is 3.21. The van der Waals surface area contributed by atoms with Crippen molar-refractivity contribution in [3.63, 3.8) is 0 Å². The van der Waals surface area contributed by atoms with Gasteiger partial charge in [0.05, 0.1) is 5.02 Å². The van der Waals surface area contributed by atoms with Crippen LogP contribution in [0.1, 0.15) is 25.7 Å². The average Bonchev–Trinajstić information content (AvgIpc) is 2.98. The highest BCUT2D eigenvalue weighted by Crippen LogP contribution is 2.31. The van der Waals surface area contributed by atoms with Crippen molar-refractivity contribution in [2.24, 2.45) is 5.92 Å². The first-order valence-corrected chi connectivity index (χ1v) is 8.16. The predicted molar refractivity (Wildman–Crippen MR) is 84.0 cm³/mol. The number of hydrogen-bond donors (Lipinski definition) is 1. The van der Waals surface area contributed by atoms with Gasteiger partial charge in [0.25, 0.3) is 0 Å². The van der Waals surface area contributed by atoms with Gasteiger partial charge in [-0.25, -0.2) is 4.52 Å². The Balaban J connectivity index is 1.59. The molecule has 0 radical (unpaired) electrons. The van der Waals surface area contributed by atoms with E-state index in [1.54, 1.807) is 4.52 Å². The minimum Gasteiger partial charge on any atom is -0.338 e. The summed E-state index contributed by atoms with van der Waals surface area (Å²) in [6.07, 6.45) is 7.02. The van der Waals surface area contributed by atoms with Crippen LogP contribution in [0.2, 0.25) is 5.02 Å². The van der Waals surface area contributed by atoms with Crippen LogP contribution in [0.4, 0.5) is 5.95 Å². The van der Waals surface area contributed by atoms with E-state index in [2.05, 4.69) is 20.3 Å². The van der Waals surface area contributed by atoms with Crippen molar-refractivity contribution in [3.05, 3.63) is 23.4 Å². The Morgan fingerprint density at radius 2 is 2.19 bits per heavy atom. The van der Waals surface area contributed by atoms with E-state index in [9.17, 15) is 0 Å². The lowest BCUT2D eigenvalue weighted by Gasteiger charge is -2.24. The van der Waals surface area contributed by atoms with Crippen molar-refractivity contribution >= 4 is 23.2 Å². The summed E-state index contributed by atoms with van der Waals surface area (Å²) in [4.78, 5) is 7.02. The Labute approximate surface area is 129 Å². The van der Waals surface area contributed by atoms with E-state index in [0.29, 0.717) is 11.1 Å². The maximum Gasteiger partial charge on any atom is 0.245 e. The van der Waals surface area contributed by atoms with Gasteiger partial charge in [-0.3, -0.25) is 0 Å². The fourth-order valence-electron chi connectivity index (χ4n) is 3.01. The van der Waals surface area contributed by atoms with Crippen molar-refractivity contribution < 1.29 is 0 Å². The quantitative estimate of drug-likeness (QED) is 0.921. The number of anilines is 1. The predicted octanol–water partition coefficient (Wildman–Crippen LogP) is 2.35. The highest BCUT2D eigenvalue weighted by molar-refractivity contribution is 6.30. The summed E-state index contributed by atoms with van der Waals surface area (Å²) in [5, 5.41) is 8.87. The van der Waals surface area contributed by atoms with Gasteiger partial charge in [-0.15, -0.1) is 5.10 Å². The molecule has 6 heteroatoms. The molecular formula is C15H20ClN5. The molecule has 1 atom stereocenters. The summed E-state index contributed by atoms with van der Waals surface area (Å²) in [7, 11) is 0. The van der Waals surface area contributed by atoms with Crippen molar-refractivity contribution in [2.75, 3.05) is 24.5 Å². The fraction of sp³-hybridized carbons (Fsp3) is 0.600. The van der Waals surface area contributed by atoms with Crippen molar-refractivity contribution in [1.29, 1.82) is 0 Å². The Kier molecular flexibility index (Phi) is 3.47. The molecule has 2 fully saturated rings. The van der Waals surface area contributed by atoms with E-state index < -0.39 is 0 Å². The van der Waals surface area contributed by atoms with Crippen molar-refractivity contribution in [1.82, 2.24) is 19.9 Å². The molecule has 1 unspecified atom stereocenters. The first-order chi connectivity index (χ1) is 10.3. The van der Waals surface area contributed by atoms with Crippen LogP contribution in [0.25, 0.3) is 5.65 Å². The van der Waals surface area contributed by atoms with Gasteiger partial charge in [0.15, 0.2) is 5.65 Å². The topological polar surface area (TPSA) is 45.5 Å². The SMILES string of the molecule is Clc1ccc2nc(N(CC3CC3)CC3CCCN3)nn2c1. The Morgan fingerprint density at radius 3 is 2.95 bits per heavy atom. The van der Waals surface area contributed by atoms with Crippen LogP contribution >= 0.6 is 11.6 Å². The molecule has 112 valence electrons. The normalized spacial score (nSPS) is 22.0. The fourth-order valence-corrected chi connectivity index (χ4v) is 3.16. The van der Waals surface area contributed by atoms with Gasteiger partial charge in [0, 0.05) is 25.3 Å². The van der Waals surface area contributed by atoms with Crippen molar-refractivity contribution in [3.8, 4) is 0 Å². The average molecular weight is 306 g/mol. The van der Waals surface area contributed by atoms with Gasteiger partial charge >= 0.3 is 0 Å². The zero-order valence-electron chi connectivity index (χ0n) is 12.0. The van der Waals surface area contributed by atoms with Gasteiger partial charge in [0.2, 0.25) is 5.95 Å². The van der Waals surface area contributed by atoms with Gasteiger partial charge in [-0.1, -0.05) is 11.6 Å². The maximum absolute atomic E-state index is 6.03. The molecule has 2 aromatic rings. The summed E-state index contributed by atoms with van der Waals surface area (Å²) in [6, 6.07) is 4.35. The Bertz CT molecular complexity index is 630. The molecule has 2 aliphatic rings. The molecule has 3 heterocycles. The van der Waals surface area contributed by atoms with Crippen LogP contribution in [0, 0.1) is 5.92 Å². The third kappa shape index (κ3) is 2.99. The lowest BCUT2D eigenvalue weighted by molar-refractivity contribution is 0.563. The molecule has 1 saturated heterocycles. The first kappa shape index (κ1) is 13.3. The van der Waals surface area contributed by atoms with Crippen LogP contribution in [-0.4, -0.2) is 40.3 Å².